The van der Waals surface area contributed by atoms with E-state index < -0.39 is 0 Å². The lowest BCUT2D eigenvalue weighted by Gasteiger charge is -2.10. The van der Waals surface area contributed by atoms with Crippen molar-refractivity contribution in [3.8, 4) is 11.6 Å². The van der Waals surface area contributed by atoms with Crippen LogP contribution in [0.3, 0.4) is 0 Å². The number of benzene rings is 1. The number of aromatic nitrogens is 3. The second-order valence-electron chi connectivity index (χ2n) is 6.56. The van der Waals surface area contributed by atoms with Crippen molar-refractivity contribution >= 4 is 29.0 Å². The third-order valence-electron chi connectivity index (χ3n) is 4.44. The molecule has 0 saturated heterocycles. The van der Waals surface area contributed by atoms with Crippen LogP contribution in [0, 0.1) is 6.92 Å². The molecule has 0 unspecified atom stereocenters. The topological polar surface area (TPSA) is 117 Å². The molecule has 0 radical (unpaired) electrons. The van der Waals surface area contributed by atoms with Crippen LogP contribution in [-0.4, -0.2) is 39.9 Å². The summed E-state index contributed by atoms with van der Waals surface area (Å²) in [5.41, 5.74) is 7.96. The number of nitrogens with zero attached hydrogens (tertiary/aromatic N) is 4. The van der Waals surface area contributed by atoms with Crippen LogP contribution in [0.15, 0.2) is 35.7 Å². The molecule has 1 amide bonds. The summed E-state index contributed by atoms with van der Waals surface area (Å²) in [4.78, 5) is 25.3. The minimum Gasteiger partial charge on any atom is -0.438 e. The standard InChI is InChI=1S/C19H20N6O3/c1-11-7-12-8-14(5-6-16(12)25(11)19(26)24-13-3-4-13)28-18-15(9-23-27-2)17(20)21-10-22-18/h5-10,13H,3-4H2,1-2H3,(H,24,26)(H2,20,21,22)/b23-9+. The Kier molecular flexibility index (Phi) is 4.56. The Bertz CT molecular complexity index is 1070. The van der Waals surface area contributed by atoms with Crippen molar-refractivity contribution in [3.63, 3.8) is 0 Å². The molecule has 0 atom stereocenters. The van der Waals surface area contributed by atoms with Crippen LogP contribution in [0.4, 0.5) is 10.6 Å². The minimum absolute atomic E-state index is 0.106. The number of carbonyl (C=O) groups excluding carboxylic acids is 1. The third-order valence-corrected chi connectivity index (χ3v) is 4.44. The fourth-order valence-corrected chi connectivity index (χ4v) is 2.94. The summed E-state index contributed by atoms with van der Waals surface area (Å²) in [5.74, 6) is 1.04. The van der Waals surface area contributed by atoms with Gasteiger partial charge in [0.2, 0.25) is 5.88 Å². The molecule has 1 aliphatic rings. The van der Waals surface area contributed by atoms with E-state index in [2.05, 4.69) is 20.4 Å². The monoisotopic (exact) mass is 380 g/mol. The van der Waals surface area contributed by atoms with Gasteiger partial charge in [-0.1, -0.05) is 5.16 Å². The quantitative estimate of drug-likeness (QED) is 0.519. The zero-order valence-electron chi connectivity index (χ0n) is 15.5. The van der Waals surface area contributed by atoms with E-state index in [1.54, 1.807) is 10.6 Å². The second kappa shape index (κ2) is 7.18. The second-order valence-corrected chi connectivity index (χ2v) is 6.56. The fourth-order valence-electron chi connectivity index (χ4n) is 2.94. The summed E-state index contributed by atoms with van der Waals surface area (Å²) < 4.78 is 7.57. The Morgan fingerprint density at radius 3 is 2.93 bits per heavy atom. The highest BCUT2D eigenvalue weighted by molar-refractivity contribution is 5.94. The first-order chi connectivity index (χ1) is 13.6. The first kappa shape index (κ1) is 17.8. The largest absolute Gasteiger partial charge is 0.438 e. The number of oxime groups is 1. The summed E-state index contributed by atoms with van der Waals surface area (Å²) >= 11 is 0. The van der Waals surface area contributed by atoms with Gasteiger partial charge in [0, 0.05) is 17.1 Å². The average molecular weight is 380 g/mol. The van der Waals surface area contributed by atoms with Gasteiger partial charge in [0.25, 0.3) is 0 Å². The predicted octanol–water partition coefficient (Wildman–Crippen LogP) is 2.81. The lowest BCUT2D eigenvalue weighted by atomic mass is 10.2. The fraction of sp³-hybridized carbons (Fsp3) is 0.263. The highest BCUT2D eigenvalue weighted by atomic mass is 16.6. The van der Waals surface area contributed by atoms with Crippen LogP contribution >= 0.6 is 0 Å². The van der Waals surface area contributed by atoms with Crippen LogP contribution < -0.4 is 15.8 Å². The van der Waals surface area contributed by atoms with Gasteiger partial charge < -0.3 is 20.6 Å². The molecule has 9 nitrogen and oxygen atoms in total. The molecule has 3 N–H and O–H groups in total. The minimum atomic E-state index is -0.106. The zero-order chi connectivity index (χ0) is 19.7. The van der Waals surface area contributed by atoms with Crippen molar-refractivity contribution in [1.82, 2.24) is 19.9 Å². The van der Waals surface area contributed by atoms with Gasteiger partial charge in [0.1, 0.15) is 30.6 Å². The summed E-state index contributed by atoms with van der Waals surface area (Å²) in [7, 11) is 1.43. The molecule has 3 aromatic rings. The van der Waals surface area contributed by atoms with E-state index in [0.29, 0.717) is 17.4 Å². The number of hydrogen-bond donors (Lipinski definition) is 2. The van der Waals surface area contributed by atoms with Gasteiger partial charge in [0.05, 0.1) is 11.7 Å². The molecule has 2 aromatic heterocycles. The molecule has 1 aliphatic carbocycles. The highest BCUT2D eigenvalue weighted by Crippen LogP contribution is 2.29. The Labute approximate surface area is 161 Å². The summed E-state index contributed by atoms with van der Waals surface area (Å²) in [6.45, 7) is 1.90. The molecule has 4 rings (SSSR count). The number of anilines is 1. The molecule has 0 spiro atoms. The number of ether oxygens (including phenoxy) is 1. The maximum absolute atomic E-state index is 12.5. The van der Waals surface area contributed by atoms with Crippen molar-refractivity contribution in [1.29, 1.82) is 0 Å². The molecule has 1 saturated carbocycles. The average Bonchev–Trinajstić information content (AvgIpc) is 3.41. The molecule has 28 heavy (non-hydrogen) atoms. The van der Waals surface area contributed by atoms with Crippen LogP contribution in [0.5, 0.6) is 11.6 Å². The van der Waals surface area contributed by atoms with Crippen LogP contribution in [0.1, 0.15) is 24.1 Å². The highest BCUT2D eigenvalue weighted by Gasteiger charge is 2.25. The van der Waals surface area contributed by atoms with Gasteiger partial charge in [-0.2, -0.15) is 0 Å². The summed E-state index contributed by atoms with van der Waals surface area (Å²) in [5, 5.41) is 7.60. The van der Waals surface area contributed by atoms with E-state index in [-0.39, 0.29) is 17.7 Å². The first-order valence-electron chi connectivity index (χ1n) is 8.84. The zero-order valence-corrected chi connectivity index (χ0v) is 15.5. The molecule has 1 aromatic carbocycles. The van der Waals surface area contributed by atoms with Gasteiger partial charge in [0.15, 0.2) is 0 Å². The SMILES string of the molecule is CO/N=C/c1c(N)ncnc1Oc1ccc2c(c1)cc(C)n2C(=O)NC1CC1. The first-order valence-corrected chi connectivity index (χ1v) is 8.84. The van der Waals surface area contributed by atoms with Crippen LogP contribution in [0.2, 0.25) is 0 Å². The molecule has 9 heteroatoms. The number of carbonyl (C=O) groups is 1. The lowest BCUT2D eigenvalue weighted by molar-refractivity contribution is 0.215. The van der Waals surface area contributed by atoms with E-state index in [1.165, 1.54) is 19.7 Å². The molecule has 0 bridgehead atoms. The summed E-state index contributed by atoms with van der Waals surface area (Å²) in [6, 6.07) is 7.60. The molecular formula is C19H20N6O3. The molecule has 144 valence electrons. The van der Waals surface area contributed by atoms with Gasteiger partial charge >= 0.3 is 6.03 Å². The Hall–Kier alpha value is -3.62. The van der Waals surface area contributed by atoms with Crippen molar-refractivity contribution < 1.29 is 14.4 Å². The van der Waals surface area contributed by atoms with Gasteiger partial charge in [-0.05, 0) is 44.0 Å². The Morgan fingerprint density at radius 2 is 2.18 bits per heavy atom. The normalized spacial score (nSPS) is 13.8. The third kappa shape index (κ3) is 3.46. The van der Waals surface area contributed by atoms with Crippen LogP contribution in [0.25, 0.3) is 10.9 Å². The Morgan fingerprint density at radius 1 is 1.36 bits per heavy atom. The maximum atomic E-state index is 12.5. The summed E-state index contributed by atoms with van der Waals surface area (Å²) in [6.07, 6.45) is 4.79. The van der Waals surface area contributed by atoms with Gasteiger partial charge in [-0.25, -0.2) is 14.8 Å². The number of fused-ring (bicyclic) bond motifs is 1. The van der Waals surface area contributed by atoms with E-state index >= 15 is 0 Å². The van der Waals surface area contributed by atoms with Crippen molar-refractivity contribution in [3.05, 3.63) is 41.9 Å². The van der Waals surface area contributed by atoms with E-state index in [9.17, 15) is 4.79 Å². The number of aryl methyl sites for hydroxylation is 1. The predicted molar refractivity (Wildman–Crippen MR) is 105 cm³/mol. The number of nitrogens with one attached hydrogen (secondary N) is 1. The van der Waals surface area contributed by atoms with Crippen molar-refractivity contribution in [2.45, 2.75) is 25.8 Å². The van der Waals surface area contributed by atoms with Crippen molar-refractivity contribution in [2.75, 3.05) is 12.8 Å². The number of amides is 1. The molecular weight excluding hydrogens is 360 g/mol. The Balaban J connectivity index is 1.65. The molecule has 0 aliphatic heterocycles. The van der Waals surface area contributed by atoms with Gasteiger partial charge in [-0.3, -0.25) is 4.57 Å². The van der Waals surface area contributed by atoms with E-state index in [1.807, 2.05) is 25.1 Å². The van der Waals surface area contributed by atoms with E-state index in [4.69, 9.17) is 15.3 Å². The lowest BCUT2D eigenvalue weighted by Crippen LogP contribution is -2.30. The number of rotatable bonds is 5. The van der Waals surface area contributed by atoms with Gasteiger partial charge in [-0.15, -0.1) is 0 Å². The number of nitrogens with two attached hydrogens (primary N) is 1. The maximum Gasteiger partial charge on any atom is 0.326 e. The number of nitrogen functional groups attached to an aromatic ring is 1. The molecule has 1 fully saturated rings. The van der Waals surface area contributed by atoms with E-state index in [0.717, 1.165) is 29.4 Å². The van der Waals surface area contributed by atoms with Crippen LogP contribution in [-0.2, 0) is 4.84 Å². The smallest absolute Gasteiger partial charge is 0.326 e. The molecule has 2 heterocycles. The number of hydrogen-bond acceptors (Lipinski definition) is 7. The van der Waals surface area contributed by atoms with Crippen molar-refractivity contribution in [2.24, 2.45) is 5.16 Å².